The first-order valence-corrected chi connectivity index (χ1v) is 10.0. The fourth-order valence-electron chi connectivity index (χ4n) is 2.18. The third-order valence-electron chi connectivity index (χ3n) is 3.07. The number of anilines is 2. The molecule has 11 nitrogen and oxygen atoms in total. The second-order valence-corrected chi connectivity index (χ2v) is 8.78. The molecule has 0 radical (unpaired) electrons. The van der Waals surface area contributed by atoms with E-state index in [0.29, 0.717) is 18.2 Å². The third-order valence-corrected chi connectivity index (χ3v) is 5.76. The molecule has 0 saturated heterocycles. The molecule has 0 bridgehead atoms. The zero-order valence-electron chi connectivity index (χ0n) is 11.4. The van der Waals surface area contributed by atoms with E-state index >= 15 is 0 Å². The van der Waals surface area contributed by atoms with Crippen LogP contribution >= 0.6 is 0 Å². The molecule has 132 valence electrons. The summed E-state index contributed by atoms with van der Waals surface area (Å²) in [6.45, 7) is 0. The molecule has 0 spiro atoms. The van der Waals surface area contributed by atoms with Crippen molar-refractivity contribution >= 4 is 52.5 Å². The Labute approximate surface area is 136 Å². The first kappa shape index (κ1) is 18.4. The molecule has 0 aliphatic carbocycles. The Bertz CT molecular complexity index is 1180. The van der Waals surface area contributed by atoms with Gasteiger partial charge in [-0.05, 0) is 18.2 Å². The maximum atomic E-state index is 11.5. The van der Waals surface area contributed by atoms with Crippen molar-refractivity contribution < 1.29 is 38.9 Å². The van der Waals surface area contributed by atoms with Crippen molar-refractivity contribution in [2.75, 3.05) is 11.5 Å². The lowest BCUT2D eigenvalue weighted by atomic mass is 10.1. The number of hydrogen-bond acceptors (Lipinski definition) is 8. The normalized spacial score (nSPS) is 13.3. The second kappa shape index (κ2) is 5.27. The molecule has 24 heavy (non-hydrogen) atoms. The van der Waals surface area contributed by atoms with Crippen molar-refractivity contribution in [1.29, 1.82) is 0 Å². The van der Waals surface area contributed by atoms with Crippen LogP contribution in [0.3, 0.4) is 0 Å². The summed E-state index contributed by atoms with van der Waals surface area (Å²) >= 11 is 0. The van der Waals surface area contributed by atoms with E-state index in [2.05, 4.69) is 0 Å². The maximum absolute atomic E-state index is 11.5. The van der Waals surface area contributed by atoms with Gasteiger partial charge >= 0.3 is 0 Å². The molecule has 0 unspecified atom stereocenters. The fraction of sp³-hybridized carbons (Fsp3) is 0. The van der Waals surface area contributed by atoms with Crippen LogP contribution in [-0.2, 0) is 30.4 Å². The largest absolute Gasteiger partial charge is 0.398 e. The van der Waals surface area contributed by atoms with Crippen molar-refractivity contribution in [3.8, 4) is 0 Å². The highest BCUT2D eigenvalue weighted by atomic mass is 32.2. The van der Waals surface area contributed by atoms with Gasteiger partial charge in [0.1, 0.15) is 14.7 Å². The fourth-order valence-corrected chi connectivity index (χ4v) is 4.26. The van der Waals surface area contributed by atoms with Gasteiger partial charge < -0.3 is 11.5 Å². The topological polar surface area (TPSA) is 215 Å². The summed E-state index contributed by atoms with van der Waals surface area (Å²) in [7, 11) is -14.8. The molecular formula is C10H10N2O9S3. The standard InChI is InChI=1S/C10H10N2O9S3/c11-4-3-7(24(19,20)21)10(12)9-6(23(16,17)18)2-1-5(8(4)9)22(13,14)15/h1-3H,11-12H2,(H,13,14,15)(H,16,17,18)(H,19,20,21). The first-order chi connectivity index (χ1) is 10.7. The SMILES string of the molecule is Nc1cc(S(=O)(=O)O)c(N)c2c(S(=O)(=O)O)ccc(S(=O)(=O)O)c12. The lowest BCUT2D eigenvalue weighted by molar-refractivity contribution is 0.479. The van der Waals surface area contributed by atoms with Gasteiger partial charge in [0, 0.05) is 16.5 Å². The average molecular weight is 398 g/mol. The van der Waals surface area contributed by atoms with E-state index in [1.807, 2.05) is 0 Å². The molecule has 14 heteroatoms. The lowest BCUT2D eigenvalue weighted by Crippen LogP contribution is -2.11. The van der Waals surface area contributed by atoms with E-state index in [1.165, 1.54) is 0 Å². The predicted octanol–water partition coefficient (Wildman–Crippen LogP) is -0.256. The van der Waals surface area contributed by atoms with Crippen LogP contribution in [0.15, 0.2) is 32.9 Å². The van der Waals surface area contributed by atoms with Crippen molar-refractivity contribution in [3.05, 3.63) is 18.2 Å². The summed E-state index contributed by atoms with van der Waals surface area (Å²) in [5.74, 6) is 0. The number of nitrogen functional groups attached to an aromatic ring is 2. The summed E-state index contributed by atoms with van der Waals surface area (Å²) < 4.78 is 96.1. The predicted molar refractivity (Wildman–Crippen MR) is 82.2 cm³/mol. The molecule has 2 rings (SSSR count). The Hall–Kier alpha value is -1.97. The van der Waals surface area contributed by atoms with Crippen molar-refractivity contribution in [2.45, 2.75) is 14.7 Å². The molecule has 7 N–H and O–H groups in total. The molecule has 0 heterocycles. The lowest BCUT2D eigenvalue weighted by Gasteiger charge is -2.14. The molecule has 0 fully saturated rings. The number of hydrogen-bond donors (Lipinski definition) is 5. The highest BCUT2D eigenvalue weighted by molar-refractivity contribution is 7.87. The van der Waals surface area contributed by atoms with E-state index < -0.39 is 67.2 Å². The summed E-state index contributed by atoms with van der Waals surface area (Å²) in [4.78, 5) is -2.82. The minimum Gasteiger partial charge on any atom is -0.398 e. The molecule has 0 aliphatic heterocycles. The summed E-state index contributed by atoms with van der Waals surface area (Å²) in [5.41, 5.74) is 9.59. The summed E-state index contributed by atoms with van der Waals surface area (Å²) in [6, 6.07) is 1.82. The van der Waals surface area contributed by atoms with Crippen LogP contribution in [-0.4, -0.2) is 38.9 Å². The maximum Gasteiger partial charge on any atom is 0.296 e. The number of nitrogens with two attached hydrogens (primary N) is 2. The van der Waals surface area contributed by atoms with E-state index in [4.69, 9.17) is 16.0 Å². The van der Waals surface area contributed by atoms with Crippen LogP contribution in [0.2, 0.25) is 0 Å². The summed E-state index contributed by atoms with van der Waals surface area (Å²) in [5, 5.41) is -1.40. The zero-order valence-corrected chi connectivity index (χ0v) is 13.9. The van der Waals surface area contributed by atoms with Crippen LogP contribution in [0.1, 0.15) is 0 Å². The highest BCUT2D eigenvalue weighted by Gasteiger charge is 2.28. The van der Waals surface area contributed by atoms with Crippen LogP contribution in [0, 0.1) is 0 Å². The third kappa shape index (κ3) is 3.02. The Morgan fingerprint density at radius 2 is 1.04 bits per heavy atom. The Morgan fingerprint density at radius 1 is 0.667 bits per heavy atom. The Kier molecular flexibility index (Phi) is 4.03. The molecular weight excluding hydrogens is 388 g/mol. The van der Waals surface area contributed by atoms with E-state index in [1.54, 1.807) is 0 Å². The minimum absolute atomic E-state index is 0.588. The van der Waals surface area contributed by atoms with Gasteiger partial charge in [-0.3, -0.25) is 13.7 Å². The molecule has 0 amide bonds. The second-order valence-electron chi connectivity index (χ2n) is 4.61. The number of benzene rings is 2. The highest BCUT2D eigenvalue weighted by Crippen LogP contribution is 2.40. The smallest absolute Gasteiger partial charge is 0.296 e. The van der Waals surface area contributed by atoms with Crippen molar-refractivity contribution in [3.63, 3.8) is 0 Å². The van der Waals surface area contributed by atoms with Gasteiger partial charge in [-0.2, -0.15) is 25.3 Å². The van der Waals surface area contributed by atoms with E-state index in [9.17, 15) is 34.4 Å². The molecule has 0 atom stereocenters. The van der Waals surface area contributed by atoms with Crippen LogP contribution in [0.4, 0.5) is 11.4 Å². The quantitative estimate of drug-likeness (QED) is 0.335. The van der Waals surface area contributed by atoms with E-state index in [-0.39, 0.29) is 0 Å². The van der Waals surface area contributed by atoms with Gasteiger partial charge in [0.2, 0.25) is 0 Å². The average Bonchev–Trinajstić information content (AvgIpc) is 2.37. The molecule has 0 saturated carbocycles. The van der Waals surface area contributed by atoms with Crippen molar-refractivity contribution in [2.24, 2.45) is 0 Å². The van der Waals surface area contributed by atoms with Crippen LogP contribution in [0.25, 0.3) is 10.8 Å². The van der Waals surface area contributed by atoms with Gasteiger partial charge in [0.25, 0.3) is 30.4 Å². The monoisotopic (exact) mass is 398 g/mol. The van der Waals surface area contributed by atoms with E-state index in [0.717, 1.165) is 0 Å². The molecule has 2 aromatic rings. The van der Waals surface area contributed by atoms with Crippen LogP contribution in [0.5, 0.6) is 0 Å². The van der Waals surface area contributed by atoms with Gasteiger partial charge in [0.15, 0.2) is 0 Å². The first-order valence-electron chi connectivity index (χ1n) is 5.73. The number of fused-ring (bicyclic) bond motifs is 1. The van der Waals surface area contributed by atoms with Gasteiger partial charge in [-0.25, -0.2) is 0 Å². The Morgan fingerprint density at radius 3 is 1.42 bits per heavy atom. The van der Waals surface area contributed by atoms with Crippen LogP contribution < -0.4 is 11.5 Å². The Balaban J connectivity index is 3.31. The molecule has 0 aliphatic rings. The van der Waals surface area contributed by atoms with Gasteiger partial charge in [0.05, 0.1) is 5.69 Å². The van der Waals surface area contributed by atoms with Gasteiger partial charge in [-0.15, -0.1) is 0 Å². The van der Waals surface area contributed by atoms with Crippen molar-refractivity contribution in [1.82, 2.24) is 0 Å². The molecule has 2 aromatic carbocycles. The zero-order chi connectivity index (χ0) is 18.7. The van der Waals surface area contributed by atoms with Gasteiger partial charge in [-0.1, -0.05) is 0 Å². The summed E-state index contributed by atoms with van der Waals surface area (Å²) in [6.07, 6.45) is 0. The molecule has 0 aromatic heterocycles. The number of rotatable bonds is 3. The minimum atomic E-state index is -4.98.